The van der Waals surface area contributed by atoms with Gasteiger partial charge in [0, 0.05) is 12.0 Å². The van der Waals surface area contributed by atoms with Gasteiger partial charge in [0.15, 0.2) is 0 Å². The Bertz CT molecular complexity index is 192. The standard InChI is InChI=1S/C10H17NO/c1-6(12)9-7-2-4-8(5-3-7)10(9)11/h7-10H,2-5,11H2,1H3/t7-,8+,9-,10-/m0/s1. The summed E-state index contributed by atoms with van der Waals surface area (Å²) in [5.74, 6) is 1.76. The number of Topliss-reactive ketones (excluding diaryl/α,β-unsaturated/α-hetero) is 1. The van der Waals surface area contributed by atoms with Gasteiger partial charge in [-0.2, -0.15) is 0 Å². The summed E-state index contributed by atoms with van der Waals surface area (Å²) in [5, 5.41) is 0. The lowest BCUT2D eigenvalue weighted by molar-refractivity contribution is -0.126. The molecule has 2 nitrogen and oxygen atoms in total. The quantitative estimate of drug-likeness (QED) is 0.640. The van der Waals surface area contributed by atoms with Crippen LogP contribution in [0.5, 0.6) is 0 Å². The Morgan fingerprint density at radius 1 is 1.17 bits per heavy atom. The van der Waals surface area contributed by atoms with Crippen molar-refractivity contribution in [2.45, 2.75) is 38.6 Å². The SMILES string of the molecule is CC(=O)[C@H]1[C@H]2CC[C@H](CC2)[C@@H]1N. The van der Waals surface area contributed by atoms with E-state index in [-0.39, 0.29) is 12.0 Å². The van der Waals surface area contributed by atoms with Crippen LogP contribution in [0, 0.1) is 17.8 Å². The fourth-order valence-corrected chi connectivity index (χ4v) is 3.10. The van der Waals surface area contributed by atoms with Crippen molar-refractivity contribution < 1.29 is 4.79 Å². The summed E-state index contributed by atoms with van der Waals surface area (Å²) in [6, 6.07) is 0.176. The predicted molar refractivity (Wildman–Crippen MR) is 47.6 cm³/mol. The maximum absolute atomic E-state index is 11.3. The molecule has 12 heavy (non-hydrogen) atoms. The summed E-state index contributed by atoms with van der Waals surface area (Å²) in [7, 11) is 0. The second kappa shape index (κ2) is 2.84. The van der Waals surface area contributed by atoms with Gasteiger partial charge in [-0.3, -0.25) is 4.79 Å². The van der Waals surface area contributed by atoms with E-state index in [4.69, 9.17) is 5.73 Å². The molecule has 0 unspecified atom stereocenters. The molecule has 0 amide bonds. The topological polar surface area (TPSA) is 43.1 Å². The maximum atomic E-state index is 11.3. The van der Waals surface area contributed by atoms with Gasteiger partial charge in [-0.25, -0.2) is 0 Å². The van der Waals surface area contributed by atoms with Crippen molar-refractivity contribution in [1.82, 2.24) is 0 Å². The first-order valence-corrected chi connectivity index (χ1v) is 4.96. The molecule has 0 aliphatic heterocycles. The third kappa shape index (κ3) is 1.09. The lowest BCUT2D eigenvalue weighted by Gasteiger charge is -2.46. The molecule has 3 aliphatic rings. The summed E-state index contributed by atoms with van der Waals surface area (Å²) in [4.78, 5) is 11.3. The van der Waals surface area contributed by atoms with Gasteiger partial charge in [-0.05, 0) is 44.4 Å². The number of hydrogen-bond acceptors (Lipinski definition) is 2. The third-order valence-corrected chi connectivity index (χ3v) is 3.75. The molecule has 2 bridgehead atoms. The van der Waals surface area contributed by atoms with Gasteiger partial charge in [-0.1, -0.05) is 0 Å². The second-order valence-electron chi connectivity index (χ2n) is 4.39. The van der Waals surface area contributed by atoms with Crippen LogP contribution in [0.2, 0.25) is 0 Å². The number of carbonyl (C=O) groups excluding carboxylic acids is 1. The summed E-state index contributed by atoms with van der Waals surface area (Å²) in [6.07, 6.45) is 5.00. The van der Waals surface area contributed by atoms with Crippen LogP contribution in [0.25, 0.3) is 0 Å². The molecule has 0 aromatic carbocycles. The molecule has 3 rings (SSSR count). The van der Waals surface area contributed by atoms with E-state index in [2.05, 4.69) is 0 Å². The first kappa shape index (κ1) is 8.24. The van der Waals surface area contributed by atoms with Crippen LogP contribution in [-0.2, 0) is 4.79 Å². The van der Waals surface area contributed by atoms with E-state index < -0.39 is 0 Å². The van der Waals surface area contributed by atoms with E-state index >= 15 is 0 Å². The molecule has 0 heterocycles. The van der Waals surface area contributed by atoms with Crippen LogP contribution in [-0.4, -0.2) is 11.8 Å². The smallest absolute Gasteiger partial charge is 0.134 e. The Labute approximate surface area is 73.5 Å². The lowest BCUT2D eigenvalue weighted by Crippen LogP contribution is -2.51. The summed E-state index contributed by atoms with van der Waals surface area (Å²) in [6.45, 7) is 1.70. The van der Waals surface area contributed by atoms with Gasteiger partial charge in [0.05, 0.1) is 0 Å². The molecule has 3 aliphatic carbocycles. The molecular formula is C10H17NO. The number of fused-ring (bicyclic) bond motifs is 3. The average Bonchev–Trinajstić information content (AvgIpc) is 2.05. The maximum Gasteiger partial charge on any atom is 0.134 e. The van der Waals surface area contributed by atoms with Crippen LogP contribution in [0.15, 0.2) is 0 Å². The van der Waals surface area contributed by atoms with Crippen LogP contribution in [0.4, 0.5) is 0 Å². The zero-order chi connectivity index (χ0) is 8.72. The largest absolute Gasteiger partial charge is 0.327 e. The molecule has 0 saturated heterocycles. The van der Waals surface area contributed by atoms with Crippen LogP contribution >= 0.6 is 0 Å². The lowest BCUT2D eigenvalue weighted by atomic mass is 9.61. The van der Waals surface area contributed by atoms with Crippen molar-refractivity contribution in [2.75, 3.05) is 0 Å². The normalized spacial score (nSPS) is 46.2. The van der Waals surface area contributed by atoms with E-state index in [1.807, 2.05) is 0 Å². The average molecular weight is 167 g/mol. The summed E-state index contributed by atoms with van der Waals surface area (Å²) in [5.41, 5.74) is 6.04. The zero-order valence-electron chi connectivity index (χ0n) is 7.62. The molecule has 3 fully saturated rings. The Kier molecular flexibility index (Phi) is 1.95. The highest BCUT2D eigenvalue weighted by Crippen LogP contribution is 2.44. The van der Waals surface area contributed by atoms with Crippen molar-refractivity contribution >= 4 is 5.78 Å². The molecule has 2 heteroatoms. The molecule has 3 saturated carbocycles. The molecule has 2 N–H and O–H groups in total. The van der Waals surface area contributed by atoms with Crippen LogP contribution < -0.4 is 5.73 Å². The molecule has 0 aromatic rings. The van der Waals surface area contributed by atoms with Gasteiger partial charge < -0.3 is 5.73 Å². The number of carbonyl (C=O) groups is 1. The summed E-state index contributed by atoms with van der Waals surface area (Å²) < 4.78 is 0. The van der Waals surface area contributed by atoms with Crippen molar-refractivity contribution in [3.05, 3.63) is 0 Å². The zero-order valence-corrected chi connectivity index (χ0v) is 7.62. The van der Waals surface area contributed by atoms with Crippen molar-refractivity contribution in [3.63, 3.8) is 0 Å². The molecular weight excluding hydrogens is 150 g/mol. The highest BCUT2D eigenvalue weighted by Gasteiger charge is 2.43. The Balaban J connectivity index is 2.18. The van der Waals surface area contributed by atoms with Gasteiger partial charge in [-0.15, -0.1) is 0 Å². The van der Waals surface area contributed by atoms with E-state index in [0.717, 1.165) is 0 Å². The highest BCUT2D eigenvalue weighted by molar-refractivity contribution is 5.79. The third-order valence-electron chi connectivity index (χ3n) is 3.75. The predicted octanol–water partition coefficient (Wildman–Crippen LogP) is 1.34. The Hall–Kier alpha value is -0.370. The van der Waals surface area contributed by atoms with Crippen molar-refractivity contribution in [1.29, 1.82) is 0 Å². The number of ketones is 1. The van der Waals surface area contributed by atoms with Crippen molar-refractivity contribution in [2.24, 2.45) is 23.5 Å². The monoisotopic (exact) mass is 167 g/mol. The minimum Gasteiger partial charge on any atom is -0.327 e. The second-order valence-corrected chi connectivity index (χ2v) is 4.39. The van der Waals surface area contributed by atoms with E-state index in [1.54, 1.807) is 6.92 Å². The highest BCUT2D eigenvalue weighted by atomic mass is 16.1. The molecule has 0 aromatic heterocycles. The number of hydrogen-bond donors (Lipinski definition) is 1. The van der Waals surface area contributed by atoms with Crippen LogP contribution in [0.1, 0.15) is 32.6 Å². The minimum absolute atomic E-state index is 0.176. The van der Waals surface area contributed by atoms with Gasteiger partial charge in [0.2, 0.25) is 0 Å². The van der Waals surface area contributed by atoms with E-state index in [0.29, 0.717) is 17.6 Å². The minimum atomic E-state index is 0.176. The van der Waals surface area contributed by atoms with E-state index in [1.165, 1.54) is 25.7 Å². The van der Waals surface area contributed by atoms with E-state index in [9.17, 15) is 4.79 Å². The molecule has 0 radical (unpaired) electrons. The van der Waals surface area contributed by atoms with Gasteiger partial charge in [0.25, 0.3) is 0 Å². The molecule has 0 spiro atoms. The van der Waals surface area contributed by atoms with Gasteiger partial charge >= 0.3 is 0 Å². The fraction of sp³-hybridized carbons (Fsp3) is 0.900. The molecule has 68 valence electrons. The Morgan fingerprint density at radius 3 is 2.00 bits per heavy atom. The number of rotatable bonds is 1. The first-order valence-electron chi connectivity index (χ1n) is 4.96. The first-order chi connectivity index (χ1) is 5.70. The Morgan fingerprint density at radius 2 is 1.67 bits per heavy atom. The van der Waals surface area contributed by atoms with Crippen molar-refractivity contribution in [3.8, 4) is 0 Å². The molecule has 2 atom stereocenters. The van der Waals surface area contributed by atoms with Gasteiger partial charge in [0.1, 0.15) is 5.78 Å². The van der Waals surface area contributed by atoms with Crippen LogP contribution in [0.3, 0.4) is 0 Å². The number of nitrogens with two attached hydrogens (primary N) is 1. The fourth-order valence-electron chi connectivity index (χ4n) is 3.10. The summed E-state index contributed by atoms with van der Waals surface area (Å²) >= 11 is 0.